The van der Waals surface area contributed by atoms with Crippen molar-refractivity contribution in [3.05, 3.63) is 53.6 Å². The van der Waals surface area contributed by atoms with E-state index < -0.39 is 0 Å². The number of amides is 1. The van der Waals surface area contributed by atoms with Crippen molar-refractivity contribution in [3.8, 4) is 11.5 Å². The molecule has 7 nitrogen and oxygen atoms in total. The number of halogens is 1. The van der Waals surface area contributed by atoms with E-state index in [-0.39, 0.29) is 29.9 Å². The second-order valence-corrected chi connectivity index (χ2v) is 7.40. The van der Waals surface area contributed by atoms with Gasteiger partial charge in [0.1, 0.15) is 0 Å². The van der Waals surface area contributed by atoms with Gasteiger partial charge in [-0.3, -0.25) is 9.79 Å². The Hall–Kier alpha value is -2.49. The zero-order valence-corrected chi connectivity index (χ0v) is 21.3. The Balaban J connectivity index is 0.00000363. The van der Waals surface area contributed by atoms with Gasteiger partial charge in [-0.25, -0.2) is 0 Å². The first-order valence-electron chi connectivity index (χ1n) is 10.8. The molecule has 3 rings (SSSR count). The fourth-order valence-electron chi connectivity index (χ4n) is 3.62. The molecule has 1 fully saturated rings. The van der Waals surface area contributed by atoms with Crippen LogP contribution in [0.3, 0.4) is 0 Å². The summed E-state index contributed by atoms with van der Waals surface area (Å²) in [5.41, 5.74) is 2.60. The minimum Gasteiger partial charge on any atom is -0.493 e. The maximum Gasteiger partial charge on any atom is 0.253 e. The Morgan fingerprint density at radius 3 is 2.56 bits per heavy atom. The lowest BCUT2D eigenvalue weighted by molar-refractivity contribution is 0.0724. The van der Waals surface area contributed by atoms with Crippen molar-refractivity contribution in [1.82, 2.24) is 10.2 Å². The minimum absolute atomic E-state index is 0. The predicted molar refractivity (Wildman–Crippen MR) is 140 cm³/mol. The van der Waals surface area contributed by atoms with Crippen LogP contribution in [0.4, 0.5) is 5.69 Å². The number of likely N-dealkylation sites (tertiary alicyclic amines) is 1. The van der Waals surface area contributed by atoms with Crippen LogP contribution < -0.4 is 20.1 Å². The Labute approximate surface area is 207 Å². The number of carbonyl (C=O) groups excluding carboxylic acids is 1. The van der Waals surface area contributed by atoms with E-state index in [0.717, 1.165) is 42.7 Å². The third-order valence-electron chi connectivity index (χ3n) is 5.23. The van der Waals surface area contributed by atoms with Gasteiger partial charge < -0.3 is 25.0 Å². The Bertz CT molecular complexity index is 914. The molecule has 2 aromatic rings. The van der Waals surface area contributed by atoms with Crippen LogP contribution in [-0.2, 0) is 6.54 Å². The number of nitrogens with zero attached hydrogens (tertiary/aromatic N) is 2. The summed E-state index contributed by atoms with van der Waals surface area (Å²) in [6.07, 6.45) is 3.39. The van der Waals surface area contributed by atoms with Crippen molar-refractivity contribution in [2.45, 2.75) is 32.7 Å². The van der Waals surface area contributed by atoms with Crippen molar-refractivity contribution in [2.24, 2.45) is 4.99 Å². The molecule has 2 N–H and O–H groups in total. The van der Waals surface area contributed by atoms with Gasteiger partial charge in [-0.15, -0.1) is 24.0 Å². The lowest BCUT2D eigenvalue weighted by Gasteiger charge is -2.26. The van der Waals surface area contributed by atoms with Crippen LogP contribution in [0.1, 0.15) is 42.1 Å². The number of rotatable bonds is 7. The third-order valence-corrected chi connectivity index (χ3v) is 5.23. The zero-order chi connectivity index (χ0) is 22.1. The van der Waals surface area contributed by atoms with Crippen molar-refractivity contribution >= 4 is 41.5 Å². The van der Waals surface area contributed by atoms with Gasteiger partial charge in [-0.2, -0.15) is 0 Å². The Kier molecular flexibility index (Phi) is 10.6. The molecule has 1 aliphatic heterocycles. The molecule has 0 aromatic heterocycles. The molecule has 0 aliphatic carbocycles. The molecule has 1 aliphatic rings. The van der Waals surface area contributed by atoms with E-state index in [4.69, 9.17) is 9.47 Å². The van der Waals surface area contributed by atoms with Gasteiger partial charge in [0.25, 0.3) is 5.91 Å². The fraction of sp³-hybridized carbons (Fsp3) is 0.417. The van der Waals surface area contributed by atoms with E-state index in [9.17, 15) is 4.79 Å². The normalized spacial score (nSPS) is 13.7. The van der Waals surface area contributed by atoms with Gasteiger partial charge in [0, 0.05) is 44.0 Å². The van der Waals surface area contributed by atoms with Crippen LogP contribution in [0.25, 0.3) is 0 Å². The van der Waals surface area contributed by atoms with Crippen molar-refractivity contribution in [3.63, 3.8) is 0 Å². The number of nitrogens with one attached hydrogen (secondary N) is 2. The number of anilines is 1. The van der Waals surface area contributed by atoms with Gasteiger partial charge >= 0.3 is 0 Å². The molecule has 32 heavy (non-hydrogen) atoms. The average Bonchev–Trinajstić information content (AvgIpc) is 2.82. The zero-order valence-electron chi connectivity index (χ0n) is 19.0. The molecule has 0 radical (unpaired) electrons. The van der Waals surface area contributed by atoms with Crippen LogP contribution >= 0.6 is 24.0 Å². The number of hydrogen-bond donors (Lipinski definition) is 2. The molecule has 2 aromatic carbocycles. The summed E-state index contributed by atoms with van der Waals surface area (Å²) in [6, 6.07) is 13.4. The topological polar surface area (TPSA) is 75.2 Å². The van der Waals surface area contributed by atoms with Crippen LogP contribution in [0, 0.1) is 0 Å². The second kappa shape index (κ2) is 13.1. The molecular formula is C24H33IN4O3. The molecule has 0 bridgehead atoms. The number of aliphatic imine (C=N–C) groups is 1. The summed E-state index contributed by atoms with van der Waals surface area (Å²) in [4.78, 5) is 19.0. The van der Waals surface area contributed by atoms with Gasteiger partial charge in [0.05, 0.1) is 13.7 Å². The van der Waals surface area contributed by atoms with E-state index in [1.165, 1.54) is 6.42 Å². The molecule has 1 amide bonds. The van der Waals surface area contributed by atoms with Gasteiger partial charge in [-0.05, 0) is 56.0 Å². The highest BCUT2D eigenvalue weighted by molar-refractivity contribution is 14.0. The summed E-state index contributed by atoms with van der Waals surface area (Å²) in [5, 5.41) is 6.57. The first-order valence-corrected chi connectivity index (χ1v) is 10.8. The number of carbonyl (C=O) groups is 1. The van der Waals surface area contributed by atoms with Gasteiger partial charge in [-0.1, -0.05) is 12.1 Å². The fourth-order valence-corrected chi connectivity index (χ4v) is 3.62. The predicted octanol–water partition coefficient (Wildman–Crippen LogP) is 4.53. The van der Waals surface area contributed by atoms with E-state index >= 15 is 0 Å². The number of benzene rings is 2. The highest BCUT2D eigenvalue weighted by Gasteiger charge is 2.18. The quantitative estimate of drug-likeness (QED) is 0.300. The first kappa shape index (κ1) is 25.8. The van der Waals surface area contributed by atoms with Crippen LogP contribution in [0.15, 0.2) is 47.5 Å². The Morgan fingerprint density at radius 1 is 1.09 bits per heavy atom. The molecule has 1 heterocycles. The van der Waals surface area contributed by atoms with Crippen LogP contribution in [0.5, 0.6) is 11.5 Å². The van der Waals surface area contributed by atoms with E-state index in [0.29, 0.717) is 30.6 Å². The Morgan fingerprint density at radius 2 is 1.88 bits per heavy atom. The van der Waals surface area contributed by atoms with Crippen molar-refractivity contribution in [2.75, 3.05) is 39.2 Å². The first-order chi connectivity index (χ1) is 15.1. The SMILES string of the molecule is CCOc1cc(NC(=NC)NCc2cccc(C(=O)N3CCCCC3)c2)ccc1OC.I. The number of ether oxygens (including phenoxy) is 2. The molecule has 0 saturated carbocycles. The monoisotopic (exact) mass is 552 g/mol. The van der Waals surface area contributed by atoms with Crippen molar-refractivity contribution in [1.29, 1.82) is 0 Å². The van der Waals surface area contributed by atoms with Gasteiger partial charge in [0.15, 0.2) is 17.5 Å². The molecular weight excluding hydrogens is 519 g/mol. The van der Waals surface area contributed by atoms with Crippen LogP contribution in [0.2, 0.25) is 0 Å². The summed E-state index contributed by atoms with van der Waals surface area (Å²) in [5.74, 6) is 2.10. The summed E-state index contributed by atoms with van der Waals surface area (Å²) < 4.78 is 11.0. The maximum absolute atomic E-state index is 12.8. The molecule has 8 heteroatoms. The van der Waals surface area contributed by atoms with E-state index in [1.807, 2.05) is 54.3 Å². The minimum atomic E-state index is 0. The standard InChI is InChI=1S/C24H32N4O3.HI/c1-4-31-22-16-20(11-12-21(22)30-3)27-24(25-2)26-17-18-9-8-10-19(15-18)23(29)28-13-6-5-7-14-28;/h8-12,15-16H,4-7,13-14,17H2,1-3H3,(H2,25,26,27);1H. The van der Waals surface area contributed by atoms with E-state index in [2.05, 4.69) is 15.6 Å². The number of methoxy groups -OCH3 is 1. The largest absolute Gasteiger partial charge is 0.493 e. The molecule has 0 atom stereocenters. The second-order valence-electron chi connectivity index (χ2n) is 7.40. The summed E-state index contributed by atoms with van der Waals surface area (Å²) in [6.45, 7) is 4.74. The number of guanidine groups is 1. The van der Waals surface area contributed by atoms with Crippen molar-refractivity contribution < 1.29 is 14.3 Å². The highest BCUT2D eigenvalue weighted by Crippen LogP contribution is 2.30. The maximum atomic E-state index is 12.8. The highest BCUT2D eigenvalue weighted by atomic mass is 127. The molecule has 0 unspecified atom stereocenters. The van der Waals surface area contributed by atoms with E-state index in [1.54, 1.807) is 14.2 Å². The number of hydrogen-bond acceptors (Lipinski definition) is 4. The lowest BCUT2D eigenvalue weighted by atomic mass is 10.1. The van der Waals surface area contributed by atoms with Gasteiger partial charge in [0.2, 0.25) is 0 Å². The lowest BCUT2D eigenvalue weighted by Crippen LogP contribution is -2.35. The molecule has 1 saturated heterocycles. The molecule has 174 valence electrons. The molecule has 0 spiro atoms. The summed E-state index contributed by atoms with van der Waals surface area (Å²) >= 11 is 0. The average molecular weight is 552 g/mol. The van der Waals surface area contributed by atoms with Crippen LogP contribution in [-0.4, -0.2) is 50.6 Å². The summed E-state index contributed by atoms with van der Waals surface area (Å²) in [7, 11) is 3.34. The smallest absolute Gasteiger partial charge is 0.253 e. The third kappa shape index (κ3) is 7.01. The number of piperidine rings is 1.